The lowest BCUT2D eigenvalue weighted by Crippen LogP contribution is -2.36. The summed E-state index contributed by atoms with van der Waals surface area (Å²) in [5.74, 6) is 0.205. The van der Waals surface area contributed by atoms with Gasteiger partial charge in [0.05, 0.1) is 0 Å². The lowest BCUT2D eigenvalue weighted by atomic mass is 10.1. The molecule has 1 heterocycles. The third-order valence-corrected chi connectivity index (χ3v) is 2.59. The van der Waals surface area contributed by atoms with Gasteiger partial charge in [0.2, 0.25) is 5.91 Å². The Morgan fingerprint density at radius 3 is 2.78 bits per heavy atom. The molecule has 7 heteroatoms. The molecule has 1 rings (SSSR count). The highest BCUT2D eigenvalue weighted by Crippen LogP contribution is 1.97. The number of amides is 1. The fourth-order valence-corrected chi connectivity index (χ4v) is 1.48. The van der Waals surface area contributed by atoms with Crippen LogP contribution in [0.5, 0.6) is 0 Å². The van der Waals surface area contributed by atoms with E-state index < -0.39 is 11.2 Å². The van der Waals surface area contributed by atoms with Crippen LogP contribution in [0.4, 0.5) is 0 Å². The SMILES string of the molecule is CC(C)CCNC(=O)Cn1cc(Cl)c(=O)[nH]c1=O. The molecular weight excluding hydrogens is 258 g/mol. The monoisotopic (exact) mass is 273 g/mol. The Morgan fingerprint density at radius 1 is 1.50 bits per heavy atom. The van der Waals surface area contributed by atoms with Gasteiger partial charge in [-0.1, -0.05) is 25.4 Å². The Hall–Kier alpha value is -1.56. The molecule has 6 nitrogen and oxygen atoms in total. The fourth-order valence-electron chi connectivity index (χ4n) is 1.31. The number of rotatable bonds is 5. The van der Waals surface area contributed by atoms with Crippen molar-refractivity contribution >= 4 is 17.5 Å². The van der Waals surface area contributed by atoms with Gasteiger partial charge in [0, 0.05) is 12.7 Å². The first-order valence-corrected chi connectivity index (χ1v) is 6.04. The highest BCUT2D eigenvalue weighted by molar-refractivity contribution is 6.30. The second-order valence-electron chi connectivity index (χ2n) is 4.40. The van der Waals surface area contributed by atoms with Gasteiger partial charge < -0.3 is 5.32 Å². The number of carbonyl (C=O) groups excluding carboxylic acids is 1. The Balaban J connectivity index is 2.62. The van der Waals surface area contributed by atoms with Crippen molar-refractivity contribution in [1.82, 2.24) is 14.9 Å². The number of aromatic nitrogens is 2. The van der Waals surface area contributed by atoms with Crippen molar-refractivity contribution in [3.8, 4) is 0 Å². The molecule has 1 aromatic heterocycles. The zero-order valence-electron chi connectivity index (χ0n) is 10.3. The van der Waals surface area contributed by atoms with E-state index in [0.29, 0.717) is 12.5 Å². The number of H-pyrrole nitrogens is 1. The van der Waals surface area contributed by atoms with Gasteiger partial charge in [-0.15, -0.1) is 0 Å². The topological polar surface area (TPSA) is 84.0 Å². The minimum absolute atomic E-state index is 0.121. The summed E-state index contributed by atoms with van der Waals surface area (Å²) in [5, 5.41) is 2.57. The molecule has 18 heavy (non-hydrogen) atoms. The van der Waals surface area contributed by atoms with Gasteiger partial charge in [0.1, 0.15) is 11.6 Å². The van der Waals surface area contributed by atoms with E-state index in [2.05, 4.69) is 19.2 Å². The highest BCUT2D eigenvalue weighted by Gasteiger charge is 2.07. The maximum Gasteiger partial charge on any atom is 0.328 e. The van der Waals surface area contributed by atoms with Crippen LogP contribution in [0, 0.1) is 5.92 Å². The summed E-state index contributed by atoms with van der Waals surface area (Å²) in [6, 6.07) is 0. The first kappa shape index (κ1) is 14.5. The Kier molecular flexibility index (Phi) is 5.15. The Bertz CT molecular complexity index is 533. The molecule has 0 aliphatic carbocycles. The third kappa shape index (κ3) is 4.37. The molecule has 0 bridgehead atoms. The van der Waals surface area contributed by atoms with Crippen LogP contribution >= 0.6 is 11.6 Å². The normalized spacial score (nSPS) is 10.7. The quantitative estimate of drug-likeness (QED) is 0.812. The first-order chi connectivity index (χ1) is 8.40. The van der Waals surface area contributed by atoms with E-state index in [1.807, 2.05) is 4.98 Å². The molecule has 0 aliphatic heterocycles. The van der Waals surface area contributed by atoms with E-state index in [0.717, 1.165) is 17.2 Å². The average molecular weight is 274 g/mol. The van der Waals surface area contributed by atoms with Crippen LogP contribution in [-0.2, 0) is 11.3 Å². The summed E-state index contributed by atoms with van der Waals surface area (Å²) in [5.41, 5.74) is -1.30. The third-order valence-electron chi connectivity index (χ3n) is 2.33. The van der Waals surface area contributed by atoms with Crippen molar-refractivity contribution in [2.75, 3.05) is 6.54 Å². The summed E-state index contributed by atoms with van der Waals surface area (Å²) in [6.07, 6.45) is 2.03. The zero-order chi connectivity index (χ0) is 13.7. The minimum Gasteiger partial charge on any atom is -0.355 e. The van der Waals surface area contributed by atoms with Crippen LogP contribution in [0.2, 0.25) is 5.02 Å². The molecule has 0 atom stereocenters. The summed E-state index contributed by atoms with van der Waals surface area (Å²) in [7, 11) is 0. The standard InChI is InChI=1S/C11H16ClN3O3/c1-7(2)3-4-13-9(16)6-15-5-8(12)10(17)14-11(15)18/h5,7H,3-4,6H2,1-2H3,(H,13,16)(H,14,17,18). The second kappa shape index (κ2) is 6.39. The Morgan fingerprint density at radius 2 is 2.17 bits per heavy atom. The van der Waals surface area contributed by atoms with Crippen LogP contribution in [-0.4, -0.2) is 22.0 Å². The van der Waals surface area contributed by atoms with Crippen LogP contribution in [0.1, 0.15) is 20.3 Å². The predicted molar refractivity (Wildman–Crippen MR) is 68.8 cm³/mol. The van der Waals surface area contributed by atoms with Crippen LogP contribution < -0.4 is 16.6 Å². The van der Waals surface area contributed by atoms with Crippen molar-refractivity contribution in [3.63, 3.8) is 0 Å². The van der Waals surface area contributed by atoms with Gasteiger partial charge in [0.15, 0.2) is 0 Å². The number of nitrogens with zero attached hydrogens (tertiary/aromatic N) is 1. The smallest absolute Gasteiger partial charge is 0.328 e. The lowest BCUT2D eigenvalue weighted by molar-refractivity contribution is -0.121. The van der Waals surface area contributed by atoms with Crippen molar-refractivity contribution < 1.29 is 4.79 Å². The molecular formula is C11H16ClN3O3. The first-order valence-electron chi connectivity index (χ1n) is 5.66. The maximum absolute atomic E-state index is 11.5. The van der Waals surface area contributed by atoms with E-state index in [-0.39, 0.29) is 17.5 Å². The van der Waals surface area contributed by atoms with E-state index in [1.54, 1.807) is 0 Å². The molecule has 0 aliphatic rings. The largest absolute Gasteiger partial charge is 0.355 e. The summed E-state index contributed by atoms with van der Waals surface area (Å²) < 4.78 is 1.06. The highest BCUT2D eigenvalue weighted by atomic mass is 35.5. The molecule has 0 radical (unpaired) electrons. The maximum atomic E-state index is 11.5. The second-order valence-corrected chi connectivity index (χ2v) is 4.80. The summed E-state index contributed by atoms with van der Waals surface area (Å²) in [6.45, 7) is 4.51. The van der Waals surface area contributed by atoms with Gasteiger partial charge in [-0.05, 0) is 12.3 Å². The molecule has 100 valence electrons. The van der Waals surface area contributed by atoms with Gasteiger partial charge in [-0.2, -0.15) is 0 Å². The van der Waals surface area contributed by atoms with Crippen LogP contribution in [0.15, 0.2) is 15.8 Å². The number of halogens is 1. The van der Waals surface area contributed by atoms with E-state index >= 15 is 0 Å². The molecule has 1 amide bonds. The minimum atomic E-state index is -0.655. The summed E-state index contributed by atoms with van der Waals surface area (Å²) >= 11 is 5.58. The molecule has 1 aromatic rings. The molecule has 0 saturated heterocycles. The lowest BCUT2D eigenvalue weighted by Gasteiger charge is -2.08. The summed E-state index contributed by atoms with van der Waals surface area (Å²) in [4.78, 5) is 36.0. The van der Waals surface area contributed by atoms with E-state index in [9.17, 15) is 14.4 Å². The van der Waals surface area contributed by atoms with E-state index in [1.165, 1.54) is 0 Å². The van der Waals surface area contributed by atoms with Gasteiger partial charge in [-0.25, -0.2) is 4.79 Å². The number of aromatic amines is 1. The molecule has 0 saturated carbocycles. The van der Waals surface area contributed by atoms with Crippen molar-refractivity contribution in [3.05, 3.63) is 32.1 Å². The molecule has 0 spiro atoms. The van der Waals surface area contributed by atoms with Gasteiger partial charge in [-0.3, -0.25) is 19.1 Å². The van der Waals surface area contributed by atoms with Gasteiger partial charge >= 0.3 is 5.69 Å². The van der Waals surface area contributed by atoms with Crippen LogP contribution in [0.3, 0.4) is 0 Å². The Labute approximate surface area is 109 Å². The number of nitrogens with one attached hydrogen (secondary N) is 2. The molecule has 0 unspecified atom stereocenters. The molecule has 0 fully saturated rings. The molecule has 2 N–H and O–H groups in total. The van der Waals surface area contributed by atoms with Crippen molar-refractivity contribution in [1.29, 1.82) is 0 Å². The van der Waals surface area contributed by atoms with E-state index in [4.69, 9.17) is 11.6 Å². The number of hydrogen-bond donors (Lipinski definition) is 2. The van der Waals surface area contributed by atoms with Crippen LogP contribution in [0.25, 0.3) is 0 Å². The predicted octanol–water partition coefficient (Wildman–Crippen LogP) is 0.352. The van der Waals surface area contributed by atoms with Crippen molar-refractivity contribution in [2.24, 2.45) is 5.92 Å². The average Bonchev–Trinajstić information content (AvgIpc) is 2.25. The molecule has 0 aromatic carbocycles. The number of carbonyl (C=O) groups is 1. The van der Waals surface area contributed by atoms with Gasteiger partial charge in [0.25, 0.3) is 5.56 Å². The zero-order valence-corrected chi connectivity index (χ0v) is 11.1. The fraction of sp³-hybridized carbons (Fsp3) is 0.545. The number of hydrogen-bond acceptors (Lipinski definition) is 3. The van der Waals surface area contributed by atoms with Crippen molar-refractivity contribution in [2.45, 2.75) is 26.8 Å².